The van der Waals surface area contributed by atoms with E-state index in [1.165, 1.54) is 12.3 Å². The lowest BCUT2D eigenvalue weighted by Crippen LogP contribution is -2.36. The van der Waals surface area contributed by atoms with E-state index < -0.39 is 11.5 Å². The third-order valence-electron chi connectivity index (χ3n) is 4.06. The van der Waals surface area contributed by atoms with Crippen molar-refractivity contribution >= 4 is 11.9 Å². The third kappa shape index (κ3) is 7.12. The van der Waals surface area contributed by atoms with Gasteiger partial charge in [0.15, 0.2) is 17.0 Å². The number of rotatable bonds is 14. The molecule has 168 valence electrons. The van der Waals surface area contributed by atoms with E-state index in [9.17, 15) is 9.90 Å². The summed E-state index contributed by atoms with van der Waals surface area (Å²) in [6, 6.07) is 1.41. The Morgan fingerprint density at radius 3 is 2.53 bits per heavy atom. The third-order valence-corrected chi connectivity index (χ3v) is 4.06. The summed E-state index contributed by atoms with van der Waals surface area (Å²) in [5, 5.41) is 10.3. The van der Waals surface area contributed by atoms with Crippen molar-refractivity contribution in [2.24, 2.45) is 4.99 Å². The quantitative estimate of drug-likeness (QED) is 0.347. The van der Waals surface area contributed by atoms with Crippen molar-refractivity contribution in [2.45, 2.75) is 25.8 Å². The Bertz CT molecular complexity index is 712. The molecule has 0 saturated heterocycles. The van der Waals surface area contributed by atoms with Gasteiger partial charge < -0.3 is 33.5 Å². The van der Waals surface area contributed by atoms with Gasteiger partial charge in [0.1, 0.15) is 19.0 Å². The number of ether oxygens (including phenoxy) is 6. The van der Waals surface area contributed by atoms with Crippen LogP contribution in [0.4, 0.5) is 0 Å². The van der Waals surface area contributed by atoms with E-state index in [-0.39, 0.29) is 30.6 Å². The van der Waals surface area contributed by atoms with Crippen molar-refractivity contribution < 1.29 is 38.3 Å². The van der Waals surface area contributed by atoms with Crippen LogP contribution in [-0.4, -0.2) is 87.5 Å². The zero-order valence-electron chi connectivity index (χ0n) is 17.7. The second-order valence-corrected chi connectivity index (χ2v) is 6.72. The summed E-state index contributed by atoms with van der Waals surface area (Å²) in [4.78, 5) is 20.6. The van der Waals surface area contributed by atoms with Gasteiger partial charge in [0.25, 0.3) is 0 Å². The average Bonchev–Trinajstić information content (AvgIpc) is 3.14. The molecule has 1 N–H and O–H groups in total. The normalized spacial score (nSPS) is 18.0. The van der Waals surface area contributed by atoms with Crippen molar-refractivity contribution in [1.29, 1.82) is 0 Å². The molecule has 0 aliphatic carbocycles. The molecule has 30 heavy (non-hydrogen) atoms. The van der Waals surface area contributed by atoms with Crippen molar-refractivity contribution in [2.75, 3.05) is 60.0 Å². The Hall–Kier alpha value is -2.43. The fraction of sp³-hybridized carbons (Fsp3) is 0.650. The van der Waals surface area contributed by atoms with Gasteiger partial charge in [-0.3, -0.25) is 0 Å². The number of hydrogen-bond donors (Lipinski definition) is 1. The minimum absolute atomic E-state index is 0.0246. The zero-order valence-corrected chi connectivity index (χ0v) is 17.7. The molecule has 0 amide bonds. The van der Waals surface area contributed by atoms with Crippen LogP contribution in [0.25, 0.3) is 0 Å². The number of carbonyl (C=O) groups excluding carboxylic acids is 1. The average molecular weight is 426 g/mol. The lowest BCUT2D eigenvalue weighted by Gasteiger charge is -2.15. The van der Waals surface area contributed by atoms with Crippen LogP contribution < -0.4 is 4.74 Å². The minimum Gasteiger partial charge on any atom is -0.505 e. The fourth-order valence-electron chi connectivity index (χ4n) is 2.43. The van der Waals surface area contributed by atoms with Gasteiger partial charge in [-0.25, -0.2) is 14.8 Å². The molecule has 10 nitrogen and oxygen atoms in total. The number of pyridine rings is 1. The summed E-state index contributed by atoms with van der Waals surface area (Å²) in [6.45, 7) is 6.54. The predicted octanol–water partition coefficient (Wildman–Crippen LogP) is 1.33. The van der Waals surface area contributed by atoms with Crippen LogP contribution in [0.15, 0.2) is 17.3 Å². The maximum absolute atomic E-state index is 12.2. The predicted molar refractivity (Wildman–Crippen MR) is 107 cm³/mol. The number of aliphatic imine (C=N–C) groups is 1. The standard InChI is InChI=1S/C20H30N2O8/c1-4-5-29-19(24)20(2)14-30-18(22-20)17-16(23)12-15(13-21-17)28-11-10-27-9-8-26-7-6-25-3/h12-13,23H,4-11,14H2,1-3H3. The van der Waals surface area contributed by atoms with Crippen LogP contribution >= 0.6 is 0 Å². The lowest BCUT2D eigenvalue weighted by atomic mass is 10.1. The van der Waals surface area contributed by atoms with Crippen molar-refractivity contribution in [3.8, 4) is 11.5 Å². The monoisotopic (exact) mass is 426 g/mol. The maximum Gasteiger partial charge on any atom is 0.337 e. The second-order valence-electron chi connectivity index (χ2n) is 6.72. The van der Waals surface area contributed by atoms with Crippen molar-refractivity contribution in [3.63, 3.8) is 0 Å². The van der Waals surface area contributed by atoms with E-state index in [0.717, 1.165) is 6.42 Å². The second kappa shape index (κ2) is 12.3. The van der Waals surface area contributed by atoms with Crippen LogP contribution in [0.3, 0.4) is 0 Å². The lowest BCUT2D eigenvalue weighted by molar-refractivity contribution is -0.149. The number of aromatic hydroxyl groups is 1. The summed E-state index contributed by atoms with van der Waals surface area (Å²) < 4.78 is 31.7. The van der Waals surface area contributed by atoms with E-state index in [1.54, 1.807) is 14.0 Å². The van der Waals surface area contributed by atoms with E-state index in [2.05, 4.69) is 9.98 Å². The minimum atomic E-state index is -1.15. The molecule has 0 fully saturated rings. The fourth-order valence-corrected chi connectivity index (χ4v) is 2.43. The molecule has 0 bridgehead atoms. The van der Waals surface area contributed by atoms with E-state index in [1.807, 2.05) is 6.92 Å². The highest BCUT2D eigenvalue weighted by Crippen LogP contribution is 2.28. The summed E-state index contributed by atoms with van der Waals surface area (Å²) in [6.07, 6.45) is 2.16. The first-order valence-corrected chi connectivity index (χ1v) is 9.86. The summed E-state index contributed by atoms with van der Waals surface area (Å²) in [5.41, 5.74) is -1.02. The smallest absolute Gasteiger partial charge is 0.337 e. The summed E-state index contributed by atoms with van der Waals surface area (Å²) in [7, 11) is 1.62. The van der Waals surface area contributed by atoms with E-state index >= 15 is 0 Å². The molecule has 1 aromatic rings. The first kappa shape index (κ1) is 23.8. The molecule has 2 heterocycles. The Balaban J connectivity index is 1.80. The van der Waals surface area contributed by atoms with Gasteiger partial charge in [-0.05, 0) is 13.3 Å². The summed E-state index contributed by atoms with van der Waals surface area (Å²) >= 11 is 0. The highest BCUT2D eigenvalue weighted by Gasteiger charge is 2.42. The van der Waals surface area contributed by atoms with Gasteiger partial charge in [-0.15, -0.1) is 0 Å². The number of aromatic nitrogens is 1. The Morgan fingerprint density at radius 1 is 1.17 bits per heavy atom. The number of nitrogens with zero attached hydrogens (tertiary/aromatic N) is 2. The number of hydrogen-bond acceptors (Lipinski definition) is 10. The SMILES string of the molecule is CCCOC(=O)C1(C)COC(c2ncc(OCCOCCOCCOC)cc2O)=N1. The number of carbonyl (C=O) groups is 1. The van der Waals surface area contributed by atoms with Gasteiger partial charge in [-0.1, -0.05) is 6.92 Å². The molecule has 2 rings (SSSR count). The molecule has 1 atom stereocenters. The zero-order chi connectivity index (χ0) is 21.8. The molecule has 0 radical (unpaired) electrons. The van der Waals surface area contributed by atoms with Crippen LogP contribution in [0.5, 0.6) is 11.5 Å². The molecule has 0 aromatic carbocycles. The van der Waals surface area contributed by atoms with Crippen molar-refractivity contribution in [1.82, 2.24) is 4.98 Å². The molecule has 10 heteroatoms. The van der Waals surface area contributed by atoms with E-state index in [0.29, 0.717) is 45.4 Å². The summed E-state index contributed by atoms with van der Waals surface area (Å²) in [5.74, 6) is -0.167. The van der Waals surface area contributed by atoms with Gasteiger partial charge in [0.2, 0.25) is 5.90 Å². The molecule has 1 aliphatic heterocycles. The molecule has 0 spiro atoms. The number of methoxy groups -OCH3 is 1. The Labute approximate surface area is 176 Å². The topological polar surface area (TPSA) is 118 Å². The van der Waals surface area contributed by atoms with Crippen LogP contribution in [0, 0.1) is 0 Å². The first-order valence-electron chi connectivity index (χ1n) is 9.86. The largest absolute Gasteiger partial charge is 0.505 e. The Kier molecular flexibility index (Phi) is 9.78. The molecule has 1 aliphatic rings. The molecular formula is C20H30N2O8. The van der Waals surface area contributed by atoms with Gasteiger partial charge in [-0.2, -0.15) is 0 Å². The molecular weight excluding hydrogens is 396 g/mol. The molecule has 1 unspecified atom stereocenters. The van der Waals surface area contributed by atoms with E-state index in [4.69, 9.17) is 28.4 Å². The maximum atomic E-state index is 12.2. The van der Waals surface area contributed by atoms with Crippen LogP contribution in [-0.2, 0) is 28.5 Å². The van der Waals surface area contributed by atoms with Gasteiger partial charge in [0, 0.05) is 13.2 Å². The van der Waals surface area contributed by atoms with Crippen LogP contribution in [0.1, 0.15) is 26.0 Å². The first-order chi connectivity index (χ1) is 14.5. The molecule has 0 saturated carbocycles. The number of esters is 1. The van der Waals surface area contributed by atoms with Crippen molar-refractivity contribution in [3.05, 3.63) is 18.0 Å². The Morgan fingerprint density at radius 2 is 1.87 bits per heavy atom. The molecule has 1 aromatic heterocycles. The highest BCUT2D eigenvalue weighted by molar-refractivity contribution is 5.99. The van der Waals surface area contributed by atoms with Gasteiger partial charge in [0.05, 0.1) is 45.8 Å². The van der Waals surface area contributed by atoms with Crippen LogP contribution in [0.2, 0.25) is 0 Å². The highest BCUT2D eigenvalue weighted by atomic mass is 16.6. The van der Waals surface area contributed by atoms with Gasteiger partial charge >= 0.3 is 5.97 Å².